The van der Waals surface area contributed by atoms with Gasteiger partial charge in [-0.3, -0.25) is 9.59 Å². The highest BCUT2D eigenvalue weighted by Gasteiger charge is 2.42. The summed E-state index contributed by atoms with van der Waals surface area (Å²) in [6.45, 7) is -0.0741. The Hall–Kier alpha value is -2.49. The minimum Gasteiger partial charge on any atom is -0.305 e. The molecule has 0 aromatic heterocycles. The minimum absolute atomic E-state index is 0.0154. The molecule has 0 aliphatic heterocycles. The van der Waals surface area contributed by atoms with Crippen molar-refractivity contribution in [2.45, 2.75) is 70.4 Å². The molecule has 0 unspecified atom stereocenters. The summed E-state index contributed by atoms with van der Waals surface area (Å²) in [6.07, 6.45) is 4.40. The molecule has 36 heavy (non-hydrogen) atoms. The zero-order valence-electron chi connectivity index (χ0n) is 20.1. The van der Waals surface area contributed by atoms with Crippen molar-refractivity contribution in [2.75, 3.05) is 11.4 Å². The molecule has 0 atom stereocenters. The first-order valence-electron chi connectivity index (χ1n) is 12.1. The first-order valence-corrected chi connectivity index (χ1v) is 12.9. The Morgan fingerprint density at radius 3 is 2.00 bits per heavy atom. The van der Waals surface area contributed by atoms with Crippen molar-refractivity contribution in [3.8, 4) is 11.8 Å². The van der Waals surface area contributed by atoms with Crippen LogP contribution in [0, 0.1) is 11.8 Å². The standard InChI is InChI=1S/C28H30Cl2F3NO2/c29-24-18-16-22(17-19-24)13-10-8-6-4-2-1-3-5-7-9-11-20-34(27(36)28(31,32)33)25-15-12-14-23(21-25)26(30)35/h12,14-19,21H,1-9,11,20H2. The van der Waals surface area contributed by atoms with Crippen LogP contribution in [0.3, 0.4) is 0 Å². The summed E-state index contributed by atoms with van der Waals surface area (Å²) in [6, 6.07) is 12.8. The maximum absolute atomic E-state index is 13.1. The molecule has 2 aromatic rings. The molecular formula is C28H30Cl2F3NO2. The number of rotatable bonds is 13. The molecule has 0 radical (unpaired) electrons. The molecule has 3 nitrogen and oxygen atoms in total. The lowest BCUT2D eigenvalue weighted by molar-refractivity contribution is -0.170. The van der Waals surface area contributed by atoms with E-state index in [0.717, 1.165) is 63.4 Å². The number of amides is 1. The van der Waals surface area contributed by atoms with E-state index in [1.807, 2.05) is 24.3 Å². The van der Waals surface area contributed by atoms with E-state index >= 15 is 0 Å². The number of carbonyl (C=O) groups excluding carboxylic acids is 2. The van der Waals surface area contributed by atoms with E-state index in [2.05, 4.69) is 11.8 Å². The first kappa shape index (κ1) is 29.7. The van der Waals surface area contributed by atoms with Gasteiger partial charge < -0.3 is 4.90 Å². The Labute approximate surface area is 221 Å². The fourth-order valence-corrected chi connectivity index (χ4v) is 3.96. The van der Waals surface area contributed by atoms with Gasteiger partial charge in [0.15, 0.2) is 0 Å². The highest BCUT2D eigenvalue weighted by molar-refractivity contribution is 6.67. The quantitative estimate of drug-likeness (QED) is 0.145. The number of hydrogen-bond acceptors (Lipinski definition) is 2. The Kier molecular flexibility index (Phi) is 12.9. The number of alkyl halides is 3. The van der Waals surface area contributed by atoms with Crippen molar-refractivity contribution in [1.82, 2.24) is 0 Å². The summed E-state index contributed by atoms with van der Waals surface area (Å²) in [5.74, 6) is 4.36. The zero-order valence-corrected chi connectivity index (χ0v) is 21.6. The van der Waals surface area contributed by atoms with E-state index in [4.69, 9.17) is 23.2 Å². The average Bonchev–Trinajstić information content (AvgIpc) is 2.84. The van der Waals surface area contributed by atoms with Gasteiger partial charge in [0.25, 0.3) is 5.24 Å². The van der Waals surface area contributed by atoms with Crippen molar-refractivity contribution in [3.63, 3.8) is 0 Å². The molecule has 0 heterocycles. The van der Waals surface area contributed by atoms with Gasteiger partial charge in [0.2, 0.25) is 0 Å². The largest absolute Gasteiger partial charge is 0.471 e. The smallest absolute Gasteiger partial charge is 0.305 e. The second kappa shape index (κ2) is 15.6. The van der Waals surface area contributed by atoms with E-state index in [-0.39, 0.29) is 17.8 Å². The number of anilines is 1. The Bertz CT molecular complexity index is 1040. The van der Waals surface area contributed by atoms with Gasteiger partial charge in [-0.05, 0) is 66.9 Å². The maximum Gasteiger partial charge on any atom is 0.471 e. The van der Waals surface area contributed by atoms with Crippen LogP contribution in [0.2, 0.25) is 5.02 Å². The van der Waals surface area contributed by atoms with Gasteiger partial charge in [0, 0.05) is 34.8 Å². The van der Waals surface area contributed by atoms with E-state index in [9.17, 15) is 22.8 Å². The number of carbonyl (C=O) groups is 2. The number of hydrogen-bond donors (Lipinski definition) is 0. The van der Waals surface area contributed by atoms with Crippen molar-refractivity contribution < 1.29 is 22.8 Å². The maximum atomic E-state index is 13.1. The lowest BCUT2D eigenvalue weighted by Crippen LogP contribution is -2.42. The summed E-state index contributed by atoms with van der Waals surface area (Å²) in [4.78, 5) is 24.0. The highest BCUT2D eigenvalue weighted by Crippen LogP contribution is 2.26. The van der Waals surface area contributed by atoms with Crippen molar-refractivity contribution in [1.29, 1.82) is 0 Å². The van der Waals surface area contributed by atoms with Crippen molar-refractivity contribution in [2.24, 2.45) is 0 Å². The van der Waals surface area contributed by atoms with Crippen LogP contribution < -0.4 is 4.90 Å². The van der Waals surface area contributed by atoms with E-state index < -0.39 is 17.3 Å². The Balaban J connectivity index is 1.62. The topological polar surface area (TPSA) is 37.4 Å². The van der Waals surface area contributed by atoms with E-state index in [1.165, 1.54) is 24.3 Å². The van der Waals surface area contributed by atoms with Crippen LogP contribution in [0.25, 0.3) is 0 Å². The molecule has 0 fully saturated rings. The van der Waals surface area contributed by atoms with Gasteiger partial charge in [0.05, 0.1) is 0 Å². The number of nitrogens with zero attached hydrogens (tertiary/aromatic N) is 1. The molecule has 0 saturated heterocycles. The van der Waals surface area contributed by atoms with Crippen LogP contribution >= 0.6 is 23.2 Å². The van der Waals surface area contributed by atoms with Gasteiger partial charge in [-0.1, -0.05) is 74.5 Å². The predicted octanol–water partition coefficient (Wildman–Crippen LogP) is 8.57. The van der Waals surface area contributed by atoms with Gasteiger partial charge in [-0.2, -0.15) is 13.2 Å². The third-order valence-corrected chi connectivity index (χ3v) is 6.10. The molecule has 0 N–H and O–H groups in total. The van der Waals surface area contributed by atoms with Gasteiger partial charge in [-0.15, -0.1) is 0 Å². The predicted molar refractivity (Wildman–Crippen MR) is 140 cm³/mol. The van der Waals surface area contributed by atoms with Crippen LogP contribution in [0.4, 0.5) is 18.9 Å². The molecule has 2 rings (SSSR count). The molecule has 2 aromatic carbocycles. The summed E-state index contributed by atoms with van der Waals surface area (Å²) in [5.41, 5.74) is 1.02. The molecule has 194 valence electrons. The summed E-state index contributed by atoms with van der Waals surface area (Å²) < 4.78 is 39.3. The molecule has 0 saturated carbocycles. The molecule has 0 spiro atoms. The third kappa shape index (κ3) is 11.1. The Morgan fingerprint density at radius 2 is 1.42 bits per heavy atom. The van der Waals surface area contributed by atoms with Crippen molar-refractivity contribution in [3.05, 3.63) is 64.7 Å². The number of halogens is 5. The van der Waals surface area contributed by atoms with Crippen LogP contribution in [0.15, 0.2) is 48.5 Å². The molecule has 1 amide bonds. The first-order chi connectivity index (χ1) is 17.2. The van der Waals surface area contributed by atoms with Gasteiger partial charge >= 0.3 is 12.1 Å². The van der Waals surface area contributed by atoms with Crippen LogP contribution in [-0.4, -0.2) is 23.9 Å². The normalized spacial score (nSPS) is 11.0. The fraction of sp³-hybridized carbons (Fsp3) is 0.429. The summed E-state index contributed by atoms with van der Waals surface area (Å²) in [7, 11) is 0. The van der Waals surface area contributed by atoms with Crippen LogP contribution in [0.5, 0.6) is 0 Å². The molecule has 0 bridgehead atoms. The second-order valence-corrected chi connectivity index (χ2v) is 9.30. The average molecular weight is 540 g/mol. The molecule has 0 aliphatic rings. The Morgan fingerprint density at radius 1 is 0.833 bits per heavy atom. The lowest BCUT2D eigenvalue weighted by Gasteiger charge is -2.24. The van der Waals surface area contributed by atoms with E-state index in [0.29, 0.717) is 16.3 Å². The minimum atomic E-state index is -5.00. The molecule has 8 heteroatoms. The van der Waals surface area contributed by atoms with Crippen molar-refractivity contribution >= 4 is 40.0 Å². The number of unbranched alkanes of at least 4 members (excludes halogenated alkanes) is 9. The zero-order chi connectivity index (χ0) is 26.4. The summed E-state index contributed by atoms with van der Waals surface area (Å²) >= 11 is 11.3. The molecule has 0 aliphatic carbocycles. The van der Waals surface area contributed by atoms with Gasteiger partial charge in [0.1, 0.15) is 0 Å². The van der Waals surface area contributed by atoms with Crippen LogP contribution in [0.1, 0.15) is 80.1 Å². The second-order valence-electron chi connectivity index (χ2n) is 8.52. The SMILES string of the molecule is O=C(Cl)c1cccc(N(CCCCCCCCCCCC#Cc2ccc(Cl)cc2)C(=O)C(F)(F)F)c1. The van der Waals surface area contributed by atoms with Crippen LogP contribution in [-0.2, 0) is 4.79 Å². The van der Waals surface area contributed by atoms with E-state index in [1.54, 1.807) is 0 Å². The number of benzene rings is 2. The summed E-state index contributed by atoms with van der Waals surface area (Å²) in [5, 5.41) is -0.0895. The van der Waals surface area contributed by atoms with Gasteiger partial charge in [-0.25, -0.2) is 0 Å². The monoisotopic (exact) mass is 539 g/mol. The lowest BCUT2D eigenvalue weighted by atomic mass is 10.1. The highest BCUT2D eigenvalue weighted by atomic mass is 35.5. The third-order valence-electron chi connectivity index (χ3n) is 5.63. The molecular weight excluding hydrogens is 510 g/mol. The fourth-order valence-electron chi connectivity index (χ4n) is 3.72.